The van der Waals surface area contributed by atoms with Gasteiger partial charge >= 0.3 is 0 Å². The molecule has 0 aliphatic heterocycles. The Morgan fingerprint density at radius 3 is 2.35 bits per heavy atom. The van der Waals surface area contributed by atoms with Gasteiger partial charge in [-0.15, -0.1) is 0 Å². The lowest BCUT2D eigenvalue weighted by Crippen LogP contribution is -2.04. The van der Waals surface area contributed by atoms with Gasteiger partial charge in [0.05, 0.1) is 0 Å². The predicted octanol–water partition coefficient (Wildman–Crippen LogP) is 4.10. The lowest BCUT2D eigenvalue weighted by molar-refractivity contribution is 0.482. The molecule has 2 nitrogen and oxygen atoms in total. The predicted molar refractivity (Wildman–Crippen MR) is 78.3 cm³/mol. The molecule has 2 aromatic carbocycles. The van der Waals surface area contributed by atoms with Crippen molar-refractivity contribution >= 4 is 22.6 Å². The van der Waals surface area contributed by atoms with E-state index in [0.29, 0.717) is 0 Å². The fourth-order valence-corrected chi connectivity index (χ4v) is 2.02. The summed E-state index contributed by atoms with van der Waals surface area (Å²) in [6.45, 7) is 1.97. The third-order valence-corrected chi connectivity index (χ3v) is 3.11. The second kappa shape index (κ2) is 5.51. The Bertz CT molecular complexity index is 494. The summed E-state index contributed by atoms with van der Waals surface area (Å²) < 4.78 is 6.91. The molecule has 17 heavy (non-hydrogen) atoms. The lowest BCUT2D eigenvalue weighted by atomic mass is 10.1. The number of ether oxygens (including phenoxy) is 1. The first-order valence-electron chi connectivity index (χ1n) is 5.44. The second-order valence-electron chi connectivity index (χ2n) is 3.92. The number of hydrogen-bond donors (Lipinski definition) is 1. The first kappa shape index (κ1) is 12.4. The van der Waals surface area contributed by atoms with Crippen LogP contribution in [0.1, 0.15) is 18.5 Å². The van der Waals surface area contributed by atoms with E-state index in [4.69, 9.17) is 10.5 Å². The van der Waals surface area contributed by atoms with Crippen LogP contribution in [-0.4, -0.2) is 0 Å². The summed E-state index contributed by atoms with van der Waals surface area (Å²) in [6.07, 6.45) is 0. The molecule has 0 aliphatic rings. The summed E-state index contributed by atoms with van der Waals surface area (Å²) in [7, 11) is 0. The molecule has 0 aliphatic carbocycles. The van der Waals surface area contributed by atoms with Gasteiger partial charge in [0.2, 0.25) is 0 Å². The number of benzene rings is 2. The topological polar surface area (TPSA) is 35.2 Å². The molecule has 2 rings (SSSR count). The molecule has 1 atom stereocenters. The molecule has 0 spiro atoms. The highest BCUT2D eigenvalue weighted by molar-refractivity contribution is 14.1. The van der Waals surface area contributed by atoms with E-state index in [0.717, 1.165) is 20.6 Å². The van der Waals surface area contributed by atoms with Crippen molar-refractivity contribution in [3.63, 3.8) is 0 Å². The van der Waals surface area contributed by atoms with E-state index in [9.17, 15) is 0 Å². The van der Waals surface area contributed by atoms with Crippen molar-refractivity contribution in [2.24, 2.45) is 5.73 Å². The Labute approximate surface area is 115 Å². The zero-order valence-electron chi connectivity index (χ0n) is 9.56. The Morgan fingerprint density at radius 1 is 1.06 bits per heavy atom. The molecule has 88 valence electrons. The van der Waals surface area contributed by atoms with Crippen LogP contribution in [0.25, 0.3) is 0 Å². The summed E-state index contributed by atoms with van der Waals surface area (Å²) in [4.78, 5) is 0. The van der Waals surface area contributed by atoms with Gasteiger partial charge in [-0.25, -0.2) is 0 Å². The summed E-state index contributed by atoms with van der Waals surface area (Å²) in [5, 5.41) is 0. The van der Waals surface area contributed by atoms with Crippen molar-refractivity contribution in [2.75, 3.05) is 0 Å². The maximum atomic E-state index is 5.79. The van der Waals surface area contributed by atoms with Crippen LogP contribution in [0.15, 0.2) is 48.5 Å². The second-order valence-corrected chi connectivity index (χ2v) is 5.16. The van der Waals surface area contributed by atoms with Gasteiger partial charge in [-0.3, -0.25) is 0 Å². The number of nitrogens with two attached hydrogens (primary N) is 1. The molecule has 0 amide bonds. The van der Waals surface area contributed by atoms with Crippen LogP contribution < -0.4 is 10.5 Å². The minimum atomic E-state index is 0.0572. The average molecular weight is 339 g/mol. The Hall–Kier alpha value is -1.07. The van der Waals surface area contributed by atoms with Crippen molar-refractivity contribution in [1.82, 2.24) is 0 Å². The third kappa shape index (κ3) is 3.44. The van der Waals surface area contributed by atoms with Crippen molar-refractivity contribution in [3.8, 4) is 11.5 Å². The normalized spacial score (nSPS) is 12.2. The SMILES string of the molecule is CC(N)c1ccc(Oc2cccc(I)c2)cc1. The van der Waals surface area contributed by atoms with E-state index in [2.05, 4.69) is 22.6 Å². The first-order valence-corrected chi connectivity index (χ1v) is 6.52. The molecule has 1 unspecified atom stereocenters. The van der Waals surface area contributed by atoms with E-state index >= 15 is 0 Å². The van der Waals surface area contributed by atoms with Gasteiger partial charge in [0.1, 0.15) is 11.5 Å². The van der Waals surface area contributed by atoms with Crippen LogP contribution in [0.2, 0.25) is 0 Å². The number of rotatable bonds is 3. The molecule has 0 saturated carbocycles. The zero-order valence-corrected chi connectivity index (χ0v) is 11.7. The van der Waals surface area contributed by atoms with Crippen LogP contribution in [-0.2, 0) is 0 Å². The van der Waals surface area contributed by atoms with Crippen LogP contribution >= 0.6 is 22.6 Å². The highest BCUT2D eigenvalue weighted by Crippen LogP contribution is 2.24. The monoisotopic (exact) mass is 339 g/mol. The van der Waals surface area contributed by atoms with E-state index < -0.39 is 0 Å². The first-order chi connectivity index (χ1) is 8.15. The molecule has 0 aromatic heterocycles. The number of hydrogen-bond acceptors (Lipinski definition) is 2. The van der Waals surface area contributed by atoms with Crippen LogP contribution in [0.3, 0.4) is 0 Å². The van der Waals surface area contributed by atoms with E-state index in [1.54, 1.807) is 0 Å². The van der Waals surface area contributed by atoms with E-state index in [1.807, 2.05) is 55.5 Å². The van der Waals surface area contributed by atoms with Gasteiger partial charge in [0.15, 0.2) is 0 Å². The number of halogens is 1. The van der Waals surface area contributed by atoms with Gasteiger partial charge in [-0.05, 0) is 65.4 Å². The smallest absolute Gasteiger partial charge is 0.128 e. The molecule has 0 heterocycles. The summed E-state index contributed by atoms with van der Waals surface area (Å²) in [5.74, 6) is 1.68. The average Bonchev–Trinajstić information content (AvgIpc) is 2.29. The Balaban J connectivity index is 2.14. The van der Waals surface area contributed by atoms with E-state index in [-0.39, 0.29) is 6.04 Å². The standard InChI is InChI=1S/C14H14INO/c1-10(16)11-5-7-13(8-6-11)17-14-4-2-3-12(15)9-14/h2-10H,16H2,1H3. The zero-order chi connectivity index (χ0) is 12.3. The molecular weight excluding hydrogens is 325 g/mol. The van der Waals surface area contributed by atoms with Crippen molar-refractivity contribution < 1.29 is 4.74 Å². The van der Waals surface area contributed by atoms with Crippen molar-refractivity contribution in [1.29, 1.82) is 0 Å². The van der Waals surface area contributed by atoms with Gasteiger partial charge in [-0.2, -0.15) is 0 Å². The van der Waals surface area contributed by atoms with Crippen LogP contribution in [0, 0.1) is 3.57 Å². The van der Waals surface area contributed by atoms with Crippen molar-refractivity contribution in [2.45, 2.75) is 13.0 Å². The maximum absolute atomic E-state index is 5.79. The Morgan fingerprint density at radius 2 is 1.76 bits per heavy atom. The highest BCUT2D eigenvalue weighted by Gasteiger charge is 2.01. The van der Waals surface area contributed by atoms with Gasteiger partial charge in [0.25, 0.3) is 0 Å². The Kier molecular flexibility index (Phi) is 4.02. The largest absolute Gasteiger partial charge is 0.457 e. The summed E-state index contributed by atoms with van der Waals surface area (Å²) >= 11 is 2.27. The molecule has 0 bridgehead atoms. The molecule has 0 fully saturated rings. The third-order valence-electron chi connectivity index (χ3n) is 2.44. The van der Waals surface area contributed by atoms with Gasteiger partial charge < -0.3 is 10.5 Å². The fraction of sp³-hybridized carbons (Fsp3) is 0.143. The van der Waals surface area contributed by atoms with Crippen LogP contribution in [0.5, 0.6) is 11.5 Å². The summed E-state index contributed by atoms with van der Waals surface area (Å²) in [5.41, 5.74) is 6.91. The summed E-state index contributed by atoms with van der Waals surface area (Å²) in [6, 6.07) is 15.9. The minimum absolute atomic E-state index is 0.0572. The van der Waals surface area contributed by atoms with Crippen LogP contribution in [0.4, 0.5) is 0 Å². The van der Waals surface area contributed by atoms with Gasteiger partial charge in [-0.1, -0.05) is 18.2 Å². The molecule has 0 saturated heterocycles. The molecule has 2 aromatic rings. The van der Waals surface area contributed by atoms with E-state index in [1.165, 1.54) is 0 Å². The highest BCUT2D eigenvalue weighted by atomic mass is 127. The lowest BCUT2D eigenvalue weighted by Gasteiger charge is -2.08. The molecule has 2 N–H and O–H groups in total. The van der Waals surface area contributed by atoms with Crippen molar-refractivity contribution in [3.05, 3.63) is 57.7 Å². The molecule has 0 radical (unpaired) electrons. The minimum Gasteiger partial charge on any atom is -0.457 e. The quantitative estimate of drug-likeness (QED) is 0.855. The fourth-order valence-electron chi connectivity index (χ4n) is 1.51. The molecular formula is C14H14INO. The molecule has 3 heteroatoms. The maximum Gasteiger partial charge on any atom is 0.128 e. The van der Waals surface area contributed by atoms with Gasteiger partial charge in [0, 0.05) is 9.61 Å².